The normalized spacial score (nSPS) is 39.8. The average Bonchev–Trinajstić information content (AvgIpc) is 2.08. The highest BCUT2D eigenvalue weighted by atomic mass is 35.5. The number of likely N-dealkylation sites (tertiary alicyclic amines) is 1. The molecule has 0 aromatic rings. The highest BCUT2D eigenvalue weighted by Crippen LogP contribution is 2.37. The Hall–Kier alpha value is 0.250. The van der Waals surface area contributed by atoms with E-state index in [1.54, 1.807) is 6.42 Å². The van der Waals surface area contributed by atoms with Gasteiger partial charge in [-0.05, 0) is 19.3 Å². The molecule has 0 spiro atoms. The molecular formula is C9H18ClN. The van der Waals surface area contributed by atoms with Crippen LogP contribution in [0.2, 0.25) is 0 Å². The van der Waals surface area contributed by atoms with Crippen molar-refractivity contribution >= 4 is 0 Å². The van der Waals surface area contributed by atoms with E-state index >= 15 is 0 Å². The van der Waals surface area contributed by atoms with Gasteiger partial charge < -0.3 is 16.9 Å². The van der Waals surface area contributed by atoms with Crippen LogP contribution in [0.1, 0.15) is 19.3 Å². The average molecular weight is 176 g/mol. The number of quaternary nitrogens is 1. The zero-order valence-electron chi connectivity index (χ0n) is 7.52. The van der Waals surface area contributed by atoms with Gasteiger partial charge in [-0.2, -0.15) is 0 Å². The van der Waals surface area contributed by atoms with Gasteiger partial charge in [0.25, 0.3) is 0 Å². The van der Waals surface area contributed by atoms with Crippen LogP contribution in [0.5, 0.6) is 0 Å². The van der Waals surface area contributed by atoms with Gasteiger partial charge in [0.05, 0.1) is 27.2 Å². The minimum atomic E-state index is 0. The first-order valence-corrected chi connectivity index (χ1v) is 4.48. The fraction of sp³-hybridized carbons (Fsp3) is 1.00. The second-order valence-corrected chi connectivity index (χ2v) is 4.85. The lowest BCUT2D eigenvalue weighted by Crippen LogP contribution is -3.00. The molecule has 2 aliphatic rings. The van der Waals surface area contributed by atoms with Crippen LogP contribution in [0.4, 0.5) is 0 Å². The van der Waals surface area contributed by atoms with Crippen LogP contribution in [0.15, 0.2) is 0 Å². The summed E-state index contributed by atoms with van der Waals surface area (Å²) >= 11 is 0. The molecule has 0 aromatic heterocycles. The highest BCUT2D eigenvalue weighted by Gasteiger charge is 2.38. The molecule has 0 aromatic carbocycles. The number of piperidine rings is 1. The van der Waals surface area contributed by atoms with Crippen molar-refractivity contribution in [1.82, 2.24) is 0 Å². The number of rotatable bonds is 0. The summed E-state index contributed by atoms with van der Waals surface area (Å²) in [4.78, 5) is 0. The molecular weight excluding hydrogens is 158 g/mol. The van der Waals surface area contributed by atoms with Crippen molar-refractivity contribution in [3.63, 3.8) is 0 Å². The SMILES string of the molecule is C[N+]1(C)CC2CCC(C2)C1.[Cl-]. The number of halogens is 1. The summed E-state index contributed by atoms with van der Waals surface area (Å²) in [6.07, 6.45) is 4.58. The fourth-order valence-corrected chi connectivity index (χ4v) is 2.98. The maximum Gasteiger partial charge on any atom is 0.0811 e. The van der Waals surface area contributed by atoms with E-state index in [-0.39, 0.29) is 12.4 Å². The lowest BCUT2D eigenvalue weighted by molar-refractivity contribution is -0.900. The van der Waals surface area contributed by atoms with Crippen LogP contribution < -0.4 is 12.4 Å². The van der Waals surface area contributed by atoms with Crippen molar-refractivity contribution in [2.75, 3.05) is 27.2 Å². The van der Waals surface area contributed by atoms with E-state index in [2.05, 4.69) is 14.1 Å². The standard InChI is InChI=1S/C9H18N.ClH/c1-10(2)6-8-3-4-9(5-8)7-10;/h8-9H,3-7H2,1-2H3;1H/q+1;/p-1. The molecule has 2 atom stereocenters. The minimum Gasteiger partial charge on any atom is -1.00 e. The molecule has 2 unspecified atom stereocenters. The first-order valence-electron chi connectivity index (χ1n) is 4.48. The van der Waals surface area contributed by atoms with Crippen molar-refractivity contribution < 1.29 is 16.9 Å². The zero-order valence-corrected chi connectivity index (χ0v) is 8.27. The van der Waals surface area contributed by atoms with E-state index in [0.29, 0.717) is 0 Å². The summed E-state index contributed by atoms with van der Waals surface area (Å²) < 4.78 is 1.29. The first kappa shape index (κ1) is 9.34. The third-order valence-corrected chi connectivity index (χ3v) is 3.15. The van der Waals surface area contributed by atoms with Crippen molar-refractivity contribution in [1.29, 1.82) is 0 Å². The van der Waals surface area contributed by atoms with Gasteiger partial charge in [0.2, 0.25) is 0 Å². The van der Waals surface area contributed by atoms with Crippen molar-refractivity contribution in [2.24, 2.45) is 11.8 Å². The molecule has 1 saturated carbocycles. The van der Waals surface area contributed by atoms with E-state index in [1.165, 1.54) is 30.4 Å². The maximum absolute atomic E-state index is 2.38. The first-order chi connectivity index (χ1) is 4.66. The third kappa shape index (κ3) is 1.88. The molecule has 2 heteroatoms. The molecule has 0 N–H and O–H groups in total. The van der Waals surface area contributed by atoms with Crippen molar-refractivity contribution in [3.8, 4) is 0 Å². The van der Waals surface area contributed by atoms with Crippen molar-refractivity contribution in [3.05, 3.63) is 0 Å². The van der Waals surface area contributed by atoms with Crippen LogP contribution in [0, 0.1) is 11.8 Å². The summed E-state index contributed by atoms with van der Waals surface area (Å²) in [7, 11) is 4.76. The monoisotopic (exact) mass is 175 g/mol. The fourth-order valence-electron chi connectivity index (χ4n) is 2.98. The molecule has 2 bridgehead atoms. The molecule has 1 aliphatic carbocycles. The highest BCUT2D eigenvalue weighted by molar-refractivity contribution is 4.78. The van der Waals surface area contributed by atoms with Crippen LogP contribution >= 0.6 is 0 Å². The number of hydrogen-bond donors (Lipinski definition) is 0. The van der Waals surface area contributed by atoms with Gasteiger partial charge >= 0.3 is 0 Å². The third-order valence-electron chi connectivity index (χ3n) is 3.15. The predicted molar refractivity (Wildman–Crippen MR) is 42.7 cm³/mol. The van der Waals surface area contributed by atoms with Crippen LogP contribution in [0.3, 0.4) is 0 Å². The van der Waals surface area contributed by atoms with E-state index in [1.807, 2.05) is 0 Å². The van der Waals surface area contributed by atoms with E-state index in [0.717, 1.165) is 11.8 Å². The Kier molecular flexibility index (Phi) is 2.50. The summed E-state index contributed by atoms with van der Waals surface area (Å²) in [5.41, 5.74) is 0. The van der Waals surface area contributed by atoms with Crippen LogP contribution in [-0.4, -0.2) is 31.7 Å². The van der Waals surface area contributed by atoms with E-state index in [9.17, 15) is 0 Å². The maximum atomic E-state index is 2.38. The molecule has 2 rings (SSSR count). The quantitative estimate of drug-likeness (QED) is 0.393. The summed E-state index contributed by atoms with van der Waals surface area (Å²) in [6, 6.07) is 0. The topological polar surface area (TPSA) is 0 Å². The number of nitrogens with zero attached hydrogens (tertiary/aromatic N) is 1. The van der Waals surface area contributed by atoms with E-state index in [4.69, 9.17) is 0 Å². The summed E-state index contributed by atoms with van der Waals surface area (Å²) in [5.74, 6) is 2.16. The van der Waals surface area contributed by atoms with Gasteiger partial charge in [0, 0.05) is 11.8 Å². The van der Waals surface area contributed by atoms with Gasteiger partial charge in [-0.3, -0.25) is 0 Å². The van der Waals surface area contributed by atoms with Gasteiger partial charge in [0.1, 0.15) is 0 Å². The summed E-state index contributed by atoms with van der Waals surface area (Å²) in [6.45, 7) is 2.88. The van der Waals surface area contributed by atoms with E-state index < -0.39 is 0 Å². The zero-order chi connectivity index (χ0) is 7.19. The second-order valence-electron chi connectivity index (χ2n) is 4.85. The molecule has 1 heterocycles. The Morgan fingerprint density at radius 1 is 1.00 bits per heavy atom. The molecule has 1 nitrogen and oxygen atoms in total. The van der Waals surface area contributed by atoms with Gasteiger partial charge in [-0.25, -0.2) is 0 Å². The van der Waals surface area contributed by atoms with Gasteiger partial charge in [0.15, 0.2) is 0 Å². The Balaban J connectivity index is 0.000000605. The molecule has 0 amide bonds. The summed E-state index contributed by atoms with van der Waals surface area (Å²) in [5, 5.41) is 0. The Labute approximate surface area is 75.8 Å². The van der Waals surface area contributed by atoms with Gasteiger partial charge in [-0.15, -0.1) is 0 Å². The molecule has 11 heavy (non-hydrogen) atoms. The molecule has 1 saturated heterocycles. The van der Waals surface area contributed by atoms with Crippen molar-refractivity contribution in [2.45, 2.75) is 19.3 Å². The Morgan fingerprint density at radius 3 is 1.91 bits per heavy atom. The number of fused-ring (bicyclic) bond motifs is 2. The smallest absolute Gasteiger partial charge is 0.0811 e. The number of hydrogen-bond acceptors (Lipinski definition) is 0. The predicted octanol–water partition coefficient (Wildman–Crippen LogP) is -1.50. The van der Waals surface area contributed by atoms with Crippen LogP contribution in [0.25, 0.3) is 0 Å². The molecule has 2 fully saturated rings. The largest absolute Gasteiger partial charge is 1.00 e. The Morgan fingerprint density at radius 2 is 1.45 bits per heavy atom. The lowest BCUT2D eigenvalue weighted by atomic mass is 9.98. The second kappa shape index (κ2) is 2.95. The Bertz CT molecular complexity index is 130. The molecule has 66 valence electrons. The van der Waals surface area contributed by atoms with Crippen LogP contribution in [-0.2, 0) is 0 Å². The lowest BCUT2D eigenvalue weighted by Gasteiger charge is -2.37. The molecule has 1 aliphatic heterocycles. The minimum absolute atomic E-state index is 0. The molecule has 0 radical (unpaired) electrons. The van der Waals surface area contributed by atoms with Gasteiger partial charge in [-0.1, -0.05) is 0 Å².